The Morgan fingerprint density at radius 2 is 1.86 bits per heavy atom. The van der Waals surface area contributed by atoms with Crippen molar-refractivity contribution in [2.45, 2.75) is 37.1 Å². The van der Waals surface area contributed by atoms with Gasteiger partial charge in [-0.15, -0.1) is 0 Å². The van der Waals surface area contributed by atoms with E-state index in [-0.39, 0.29) is 12.0 Å². The summed E-state index contributed by atoms with van der Waals surface area (Å²) in [4.78, 5) is 11.6. The quantitative estimate of drug-likeness (QED) is 0.730. The van der Waals surface area contributed by atoms with E-state index in [4.69, 9.17) is 14.6 Å². The lowest BCUT2D eigenvalue weighted by atomic mass is 9.93. The minimum absolute atomic E-state index is 0.257. The van der Waals surface area contributed by atoms with Crippen LogP contribution >= 0.6 is 0 Å². The molecule has 0 saturated carbocycles. The number of nitrogens with one attached hydrogen (secondary N) is 1. The van der Waals surface area contributed by atoms with Crippen LogP contribution in [0.5, 0.6) is 0 Å². The molecular formula is C18H25F3N2O5S. The largest absolute Gasteiger partial charge is 0.490 e. The summed E-state index contributed by atoms with van der Waals surface area (Å²) in [5, 5.41) is 7.12. The van der Waals surface area contributed by atoms with Crippen molar-refractivity contribution < 1.29 is 36.2 Å². The standard InChI is InChI=1S/C16H24N2O3S.C2HF3O2/c1-12(2)18-9-15-13(11-21-16(15)10-18)8-17-22(19,20)14-6-4-3-5-7-14;3-2(4,5)1(6)7/h3-7,12-13,15-17H,8-11H2,1-2H3;(H,6,7)/t13-,15+,16+;/m0./s1. The molecule has 1 aromatic carbocycles. The van der Waals surface area contributed by atoms with E-state index in [1.165, 1.54) is 0 Å². The molecule has 2 fully saturated rings. The highest BCUT2D eigenvalue weighted by molar-refractivity contribution is 7.89. The van der Waals surface area contributed by atoms with Crippen molar-refractivity contribution in [1.29, 1.82) is 0 Å². The van der Waals surface area contributed by atoms with Gasteiger partial charge in [0.1, 0.15) is 0 Å². The fourth-order valence-corrected chi connectivity index (χ4v) is 4.48. The Morgan fingerprint density at radius 3 is 2.38 bits per heavy atom. The number of fused-ring (bicyclic) bond motifs is 1. The summed E-state index contributed by atoms with van der Waals surface area (Å²) in [6.07, 6.45) is -4.83. The molecule has 0 spiro atoms. The molecule has 2 aliphatic rings. The first-order chi connectivity index (χ1) is 13.4. The third-order valence-corrected chi connectivity index (χ3v) is 6.47. The number of aliphatic carboxylic acids is 1. The third-order valence-electron chi connectivity index (χ3n) is 5.03. The lowest BCUT2D eigenvalue weighted by Crippen LogP contribution is -2.35. The minimum atomic E-state index is -5.08. The van der Waals surface area contributed by atoms with Gasteiger partial charge in [-0.25, -0.2) is 17.9 Å². The van der Waals surface area contributed by atoms with Gasteiger partial charge in [-0.1, -0.05) is 18.2 Å². The van der Waals surface area contributed by atoms with Crippen LogP contribution in [-0.4, -0.2) is 69.0 Å². The zero-order valence-corrected chi connectivity index (χ0v) is 16.9. The SMILES string of the molecule is CC(C)N1C[C@@H]2[C@@H](CNS(=O)(=O)c3ccccc3)CO[C@@H]2C1.O=C(O)C(F)(F)F. The van der Waals surface area contributed by atoms with Crippen LogP contribution in [-0.2, 0) is 19.6 Å². The van der Waals surface area contributed by atoms with Gasteiger partial charge in [0.05, 0.1) is 17.6 Å². The second-order valence-electron chi connectivity index (χ2n) is 7.31. The molecule has 29 heavy (non-hydrogen) atoms. The van der Waals surface area contributed by atoms with Gasteiger partial charge in [0.25, 0.3) is 0 Å². The zero-order chi connectivity index (χ0) is 21.8. The van der Waals surface area contributed by atoms with E-state index in [2.05, 4.69) is 23.5 Å². The molecule has 0 unspecified atom stereocenters. The minimum Gasteiger partial charge on any atom is -0.475 e. The molecule has 3 atom stereocenters. The zero-order valence-electron chi connectivity index (χ0n) is 16.1. The Morgan fingerprint density at radius 1 is 1.28 bits per heavy atom. The average Bonchev–Trinajstić information content (AvgIpc) is 3.21. The van der Waals surface area contributed by atoms with E-state index < -0.39 is 22.2 Å². The van der Waals surface area contributed by atoms with E-state index in [1.54, 1.807) is 24.3 Å². The molecule has 7 nitrogen and oxygen atoms in total. The van der Waals surface area contributed by atoms with Gasteiger partial charge in [-0.2, -0.15) is 13.2 Å². The summed E-state index contributed by atoms with van der Waals surface area (Å²) in [5.41, 5.74) is 0. The molecule has 11 heteroatoms. The smallest absolute Gasteiger partial charge is 0.475 e. The van der Waals surface area contributed by atoms with Crippen molar-refractivity contribution in [1.82, 2.24) is 9.62 Å². The maximum Gasteiger partial charge on any atom is 0.490 e. The van der Waals surface area contributed by atoms with Crippen LogP contribution in [0.25, 0.3) is 0 Å². The van der Waals surface area contributed by atoms with Crippen molar-refractivity contribution in [3.63, 3.8) is 0 Å². The summed E-state index contributed by atoms with van der Waals surface area (Å²) in [6, 6.07) is 9.03. The summed E-state index contributed by atoms with van der Waals surface area (Å²) in [7, 11) is -3.43. The molecule has 0 amide bonds. The van der Waals surface area contributed by atoms with Gasteiger partial charge < -0.3 is 9.84 Å². The number of hydrogen-bond acceptors (Lipinski definition) is 5. The highest BCUT2D eigenvalue weighted by Crippen LogP contribution is 2.34. The number of halogens is 3. The maximum absolute atomic E-state index is 12.3. The van der Waals surface area contributed by atoms with Gasteiger partial charge in [-0.3, -0.25) is 4.90 Å². The maximum atomic E-state index is 12.3. The predicted octanol–water partition coefficient (Wildman–Crippen LogP) is 1.95. The van der Waals surface area contributed by atoms with Crippen LogP contribution in [0.4, 0.5) is 13.2 Å². The van der Waals surface area contributed by atoms with Crippen LogP contribution in [0.15, 0.2) is 35.2 Å². The van der Waals surface area contributed by atoms with Crippen LogP contribution < -0.4 is 4.72 Å². The molecule has 3 rings (SSSR count). The molecule has 2 saturated heterocycles. The Balaban J connectivity index is 0.000000370. The van der Waals surface area contributed by atoms with Crippen LogP contribution in [0.3, 0.4) is 0 Å². The van der Waals surface area contributed by atoms with E-state index in [1.807, 2.05) is 6.07 Å². The number of ether oxygens (including phenoxy) is 1. The fraction of sp³-hybridized carbons (Fsp3) is 0.611. The number of nitrogens with zero attached hydrogens (tertiary/aromatic N) is 1. The predicted molar refractivity (Wildman–Crippen MR) is 98.8 cm³/mol. The fourth-order valence-electron chi connectivity index (χ4n) is 3.36. The summed E-state index contributed by atoms with van der Waals surface area (Å²) >= 11 is 0. The van der Waals surface area contributed by atoms with Crippen molar-refractivity contribution in [2.24, 2.45) is 11.8 Å². The van der Waals surface area contributed by atoms with Gasteiger partial charge in [0.2, 0.25) is 10.0 Å². The summed E-state index contributed by atoms with van der Waals surface area (Å²) < 4.78 is 64.9. The molecule has 1 aromatic rings. The number of carbonyl (C=O) groups is 1. The number of alkyl halides is 3. The number of carboxylic acid groups (broad SMARTS) is 1. The molecule has 0 radical (unpaired) electrons. The molecule has 0 bridgehead atoms. The third kappa shape index (κ3) is 6.39. The molecule has 0 aliphatic carbocycles. The van der Waals surface area contributed by atoms with Gasteiger partial charge in [0, 0.05) is 37.5 Å². The molecule has 2 N–H and O–H groups in total. The van der Waals surface area contributed by atoms with Gasteiger partial charge >= 0.3 is 12.1 Å². The number of likely N-dealkylation sites (tertiary alicyclic amines) is 1. The van der Waals surface area contributed by atoms with Crippen molar-refractivity contribution >= 4 is 16.0 Å². The topological polar surface area (TPSA) is 95.9 Å². The molecule has 0 aromatic heterocycles. The number of sulfonamides is 1. The first kappa shape index (κ1) is 23.6. The first-order valence-corrected chi connectivity index (χ1v) is 10.6. The number of rotatable bonds is 5. The molecule has 2 heterocycles. The van der Waals surface area contributed by atoms with Crippen molar-refractivity contribution in [3.8, 4) is 0 Å². The second kappa shape index (κ2) is 9.41. The lowest BCUT2D eigenvalue weighted by Gasteiger charge is -2.23. The molecular weight excluding hydrogens is 413 g/mol. The van der Waals surface area contributed by atoms with Crippen LogP contribution in [0.2, 0.25) is 0 Å². The van der Waals surface area contributed by atoms with E-state index in [9.17, 15) is 21.6 Å². The van der Waals surface area contributed by atoms with E-state index >= 15 is 0 Å². The monoisotopic (exact) mass is 438 g/mol. The number of benzene rings is 1. The summed E-state index contributed by atoms with van der Waals surface area (Å²) in [6.45, 7) is 7.44. The van der Waals surface area contributed by atoms with E-state index in [0.717, 1.165) is 13.1 Å². The van der Waals surface area contributed by atoms with Crippen molar-refractivity contribution in [2.75, 3.05) is 26.2 Å². The van der Waals surface area contributed by atoms with E-state index in [0.29, 0.717) is 30.0 Å². The number of hydrogen-bond donors (Lipinski definition) is 2. The normalized spacial score (nSPS) is 24.8. The van der Waals surface area contributed by atoms with Gasteiger partial charge in [0.15, 0.2) is 0 Å². The Hall–Kier alpha value is -1.69. The average molecular weight is 438 g/mol. The van der Waals surface area contributed by atoms with Crippen molar-refractivity contribution in [3.05, 3.63) is 30.3 Å². The van der Waals surface area contributed by atoms with Gasteiger partial charge in [-0.05, 0) is 26.0 Å². The highest BCUT2D eigenvalue weighted by atomic mass is 32.2. The molecule has 2 aliphatic heterocycles. The Kier molecular flexibility index (Phi) is 7.66. The second-order valence-corrected chi connectivity index (χ2v) is 9.08. The highest BCUT2D eigenvalue weighted by Gasteiger charge is 2.44. The Labute approximate surface area is 167 Å². The van der Waals surface area contributed by atoms with Crippen LogP contribution in [0, 0.1) is 11.8 Å². The Bertz CT molecular complexity index is 786. The summed E-state index contributed by atoms with van der Waals surface area (Å²) in [5.74, 6) is -2.07. The van der Waals surface area contributed by atoms with Crippen LogP contribution in [0.1, 0.15) is 13.8 Å². The lowest BCUT2D eigenvalue weighted by molar-refractivity contribution is -0.192. The first-order valence-electron chi connectivity index (χ1n) is 9.12. The molecule has 164 valence electrons. The number of carboxylic acids is 1.